The van der Waals surface area contributed by atoms with Gasteiger partial charge in [-0.3, -0.25) is 4.79 Å². The molecule has 1 amide bonds. The number of benzene rings is 2. The van der Waals surface area contributed by atoms with Gasteiger partial charge in [0.05, 0.1) is 25.2 Å². The van der Waals surface area contributed by atoms with E-state index < -0.39 is 0 Å². The molecule has 32 heavy (non-hydrogen) atoms. The summed E-state index contributed by atoms with van der Waals surface area (Å²) in [5.41, 5.74) is 5.13. The van der Waals surface area contributed by atoms with Gasteiger partial charge in [-0.15, -0.1) is 10.2 Å². The summed E-state index contributed by atoms with van der Waals surface area (Å²) in [6, 6.07) is 14.7. The molecule has 0 saturated heterocycles. The molecule has 1 aromatic heterocycles. The van der Waals surface area contributed by atoms with Crippen molar-refractivity contribution in [2.45, 2.75) is 19.0 Å². The molecule has 3 aromatic rings. The van der Waals surface area contributed by atoms with Crippen LogP contribution in [-0.4, -0.2) is 46.0 Å². The van der Waals surface area contributed by atoms with Gasteiger partial charge in [-0.25, -0.2) is 10.1 Å². The summed E-state index contributed by atoms with van der Waals surface area (Å²) in [7, 11) is 1.62. The van der Waals surface area contributed by atoms with Crippen molar-refractivity contribution in [3.63, 3.8) is 0 Å². The molecule has 0 bridgehead atoms. The number of hydrogen-bond acceptors (Lipinski definition) is 9. The Bertz CT molecular complexity index is 1070. The van der Waals surface area contributed by atoms with Crippen LogP contribution in [0.5, 0.6) is 11.5 Å². The third kappa shape index (κ3) is 6.14. The maximum Gasteiger partial charge on any atom is 0.264 e. The van der Waals surface area contributed by atoms with E-state index in [1.54, 1.807) is 31.4 Å². The second-order valence-corrected chi connectivity index (χ2v) is 7.45. The first kappa shape index (κ1) is 22.9. The number of hydrogen-bond donors (Lipinski definition) is 3. The number of nitrogens with two attached hydrogens (primary N) is 1. The van der Waals surface area contributed by atoms with Crippen molar-refractivity contribution in [3.05, 3.63) is 54.1 Å². The van der Waals surface area contributed by atoms with Crippen LogP contribution in [0, 0.1) is 0 Å². The Kier molecular flexibility index (Phi) is 7.92. The predicted molar refractivity (Wildman–Crippen MR) is 126 cm³/mol. The molecule has 10 nitrogen and oxygen atoms in total. The third-order valence-corrected chi connectivity index (χ3v) is 5.22. The Morgan fingerprint density at radius 2 is 1.81 bits per heavy atom. The van der Waals surface area contributed by atoms with Gasteiger partial charge in [0.25, 0.3) is 5.95 Å². The fourth-order valence-electron chi connectivity index (χ4n) is 2.61. The monoisotopic (exact) mass is 455 g/mol. The summed E-state index contributed by atoms with van der Waals surface area (Å²) in [5, 5.41) is 15.5. The maximum absolute atomic E-state index is 12.2. The van der Waals surface area contributed by atoms with Gasteiger partial charge in [0, 0.05) is 5.69 Å². The van der Waals surface area contributed by atoms with Crippen molar-refractivity contribution in [1.29, 1.82) is 0 Å². The molecular formula is C21H25N7O3S. The van der Waals surface area contributed by atoms with Crippen LogP contribution in [0.3, 0.4) is 0 Å². The molecule has 0 aliphatic rings. The highest BCUT2D eigenvalue weighted by atomic mass is 32.2. The van der Waals surface area contributed by atoms with E-state index in [0.29, 0.717) is 17.5 Å². The molecule has 0 unspecified atom stereocenters. The van der Waals surface area contributed by atoms with Crippen molar-refractivity contribution in [3.8, 4) is 11.5 Å². The molecule has 2 aromatic carbocycles. The van der Waals surface area contributed by atoms with E-state index in [1.807, 2.05) is 38.1 Å². The minimum Gasteiger partial charge on any atom is -0.497 e. The number of anilines is 2. The first-order valence-electron chi connectivity index (χ1n) is 9.81. The van der Waals surface area contributed by atoms with E-state index in [1.165, 1.54) is 16.4 Å². The largest absolute Gasteiger partial charge is 0.497 e. The predicted octanol–water partition coefficient (Wildman–Crippen LogP) is 2.97. The van der Waals surface area contributed by atoms with Crippen molar-refractivity contribution in [1.82, 2.24) is 14.9 Å². The smallest absolute Gasteiger partial charge is 0.264 e. The SMILES string of the molecule is CCOc1ccc(NC(=O)CSc2nnc(N/N=C(\C)c3ccc(OC)cc3)n2N)cc1. The number of nitrogens with one attached hydrogen (secondary N) is 2. The van der Waals surface area contributed by atoms with Crippen LogP contribution < -0.4 is 26.1 Å². The van der Waals surface area contributed by atoms with E-state index in [-0.39, 0.29) is 17.6 Å². The zero-order valence-electron chi connectivity index (χ0n) is 18.0. The number of methoxy groups -OCH3 is 1. The van der Waals surface area contributed by atoms with Gasteiger partial charge in [0.2, 0.25) is 11.1 Å². The van der Waals surface area contributed by atoms with Crippen molar-refractivity contribution < 1.29 is 14.3 Å². The lowest BCUT2D eigenvalue weighted by molar-refractivity contribution is -0.113. The molecule has 4 N–H and O–H groups in total. The first-order chi connectivity index (χ1) is 15.5. The molecule has 0 aliphatic heterocycles. The number of carbonyl (C=O) groups excluding carboxylic acids is 1. The second-order valence-electron chi connectivity index (χ2n) is 6.51. The van der Waals surface area contributed by atoms with E-state index in [9.17, 15) is 4.79 Å². The second kappa shape index (κ2) is 11.0. The summed E-state index contributed by atoms with van der Waals surface area (Å²) < 4.78 is 11.8. The van der Waals surface area contributed by atoms with Gasteiger partial charge in [0.15, 0.2) is 0 Å². The molecule has 0 radical (unpaired) electrons. The highest BCUT2D eigenvalue weighted by Gasteiger charge is 2.12. The summed E-state index contributed by atoms with van der Waals surface area (Å²) in [5.74, 6) is 7.73. The lowest BCUT2D eigenvalue weighted by Gasteiger charge is -2.07. The number of aromatic nitrogens is 3. The van der Waals surface area contributed by atoms with Crippen LogP contribution in [0.25, 0.3) is 0 Å². The van der Waals surface area contributed by atoms with Crippen molar-refractivity contribution in [2.75, 3.05) is 36.1 Å². The Hall–Kier alpha value is -3.73. The van der Waals surface area contributed by atoms with Gasteiger partial charge in [-0.1, -0.05) is 11.8 Å². The van der Waals surface area contributed by atoms with Crippen LogP contribution in [0.4, 0.5) is 11.6 Å². The molecule has 0 aliphatic carbocycles. The standard InChI is InChI=1S/C21H25N7O3S/c1-4-31-18-11-7-16(8-12-18)23-19(29)13-32-21-27-26-20(28(21)22)25-24-14(2)15-5-9-17(30-3)10-6-15/h5-12H,4,13,22H2,1-3H3,(H,23,29)(H,25,26)/b24-14+. The summed E-state index contributed by atoms with van der Waals surface area (Å²) in [6.45, 7) is 4.36. The highest BCUT2D eigenvalue weighted by Crippen LogP contribution is 2.19. The van der Waals surface area contributed by atoms with Gasteiger partial charge >= 0.3 is 0 Å². The lowest BCUT2D eigenvalue weighted by atomic mass is 10.1. The normalized spacial score (nSPS) is 11.2. The Morgan fingerprint density at radius 1 is 1.12 bits per heavy atom. The number of amides is 1. The first-order valence-corrected chi connectivity index (χ1v) is 10.8. The zero-order chi connectivity index (χ0) is 22.9. The number of nitrogen functional groups attached to an aromatic ring is 1. The molecule has 168 valence electrons. The quantitative estimate of drug-likeness (QED) is 0.184. The number of nitrogens with zero attached hydrogens (tertiary/aromatic N) is 4. The van der Waals surface area contributed by atoms with E-state index in [2.05, 4.69) is 26.0 Å². The average Bonchev–Trinajstić information content (AvgIpc) is 3.17. The molecule has 0 saturated carbocycles. The fourth-order valence-corrected chi connectivity index (χ4v) is 3.27. The maximum atomic E-state index is 12.2. The number of hydrazone groups is 1. The van der Waals surface area contributed by atoms with Gasteiger partial charge in [-0.2, -0.15) is 5.10 Å². The van der Waals surface area contributed by atoms with Gasteiger partial charge in [0.1, 0.15) is 11.5 Å². The zero-order valence-corrected chi connectivity index (χ0v) is 18.8. The molecule has 0 spiro atoms. The molecule has 11 heteroatoms. The minimum atomic E-state index is -0.190. The lowest BCUT2D eigenvalue weighted by Crippen LogP contribution is -2.17. The van der Waals surface area contributed by atoms with Crippen LogP contribution in [0.1, 0.15) is 19.4 Å². The molecule has 0 fully saturated rings. The number of carbonyl (C=O) groups is 1. The number of rotatable bonds is 10. The third-order valence-electron chi connectivity index (χ3n) is 4.28. The molecule has 0 atom stereocenters. The van der Waals surface area contributed by atoms with Crippen molar-refractivity contribution in [2.24, 2.45) is 5.10 Å². The number of thioether (sulfide) groups is 1. The van der Waals surface area contributed by atoms with Gasteiger partial charge in [-0.05, 0) is 67.9 Å². The summed E-state index contributed by atoms with van der Waals surface area (Å²) in [6.07, 6.45) is 0. The Morgan fingerprint density at radius 3 is 2.47 bits per heavy atom. The van der Waals surface area contributed by atoms with Crippen LogP contribution >= 0.6 is 11.8 Å². The highest BCUT2D eigenvalue weighted by molar-refractivity contribution is 7.99. The topological polar surface area (TPSA) is 129 Å². The van der Waals surface area contributed by atoms with Crippen LogP contribution in [-0.2, 0) is 4.79 Å². The minimum absolute atomic E-state index is 0.122. The van der Waals surface area contributed by atoms with E-state index in [0.717, 1.165) is 22.8 Å². The summed E-state index contributed by atoms with van der Waals surface area (Å²) in [4.78, 5) is 12.2. The van der Waals surface area contributed by atoms with E-state index in [4.69, 9.17) is 15.3 Å². The Labute approximate surface area is 190 Å². The van der Waals surface area contributed by atoms with Crippen LogP contribution in [0.15, 0.2) is 58.8 Å². The van der Waals surface area contributed by atoms with Crippen LogP contribution in [0.2, 0.25) is 0 Å². The fraction of sp³-hybridized carbons (Fsp3) is 0.238. The van der Waals surface area contributed by atoms with Gasteiger partial charge < -0.3 is 20.6 Å². The van der Waals surface area contributed by atoms with E-state index >= 15 is 0 Å². The average molecular weight is 456 g/mol. The van der Waals surface area contributed by atoms with Crippen molar-refractivity contribution >= 4 is 35.0 Å². The molecule has 1 heterocycles. The molecule has 3 rings (SSSR count). The Balaban J connectivity index is 1.53. The summed E-state index contributed by atoms with van der Waals surface area (Å²) >= 11 is 1.17. The number of ether oxygens (including phenoxy) is 2. The molecular weight excluding hydrogens is 430 g/mol.